The second-order valence-electron chi connectivity index (χ2n) is 2.73. The van der Waals surface area contributed by atoms with E-state index in [4.69, 9.17) is 0 Å². The van der Waals surface area contributed by atoms with Crippen LogP contribution in [-0.2, 0) is 0 Å². The van der Waals surface area contributed by atoms with Crippen molar-refractivity contribution in [1.82, 2.24) is 0 Å². The Bertz CT molecular complexity index is 156. The third kappa shape index (κ3) is 1.41. The molecule has 2 atom stereocenters. The van der Waals surface area contributed by atoms with Crippen LogP contribution >= 0.6 is 0 Å². The minimum atomic E-state index is 0.481. The summed E-state index contributed by atoms with van der Waals surface area (Å²) >= 11 is 0. The van der Waals surface area contributed by atoms with Crippen molar-refractivity contribution >= 4 is 5.71 Å². The summed E-state index contributed by atoms with van der Waals surface area (Å²) in [5.41, 5.74) is 1.15. The second kappa shape index (κ2) is 2.34. The van der Waals surface area contributed by atoms with Crippen LogP contribution in [0.4, 0.5) is 0 Å². The fourth-order valence-electron chi connectivity index (χ4n) is 0.934. The second-order valence-corrected chi connectivity index (χ2v) is 2.73. The molecule has 0 fully saturated rings. The third-order valence-corrected chi connectivity index (χ3v) is 1.81. The highest BCUT2D eigenvalue weighted by Crippen LogP contribution is 2.12. The summed E-state index contributed by atoms with van der Waals surface area (Å²) in [6.45, 7) is 6.38. The van der Waals surface area contributed by atoms with Crippen LogP contribution in [-0.4, -0.2) is 11.8 Å². The van der Waals surface area contributed by atoms with Crippen molar-refractivity contribution in [2.75, 3.05) is 0 Å². The summed E-state index contributed by atoms with van der Waals surface area (Å²) in [5, 5.41) is 0. The van der Waals surface area contributed by atoms with Crippen molar-refractivity contribution in [3.05, 3.63) is 12.2 Å². The molecule has 1 rings (SSSR count). The summed E-state index contributed by atoms with van der Waals surface area (Å²) in [7, 11) is 0. The van der Waals surface area contributed by atoms with Crippen LogP contribution in [0.2, 0.25) is 0 Å². The van der Waals surface area contributed by atoms with E-state index < -0.39 is 0 Å². The van der Waals surface area contributed by atoms with Gasteiger partial charge in [-0.25, -0.2) is 0 Å². The van der Waals surface area contributed by atoms with Gasteiger partial charge in [0.2, 0.25) is 0 Å². The summed E-state index contributed by atoms with van der Waals surface area (Å²) in [6, 6.07) is 0.481. The van der Waals surface area contributed by atoms with Crippen molar-refractivity contribution in [2.24, 2.45) is 10.9 Å². The predicted octanol–water partition coefficient (Wildman–Crippen LogP) is 2.04. The largest absolute Gasteiger partial charge is 0.286 e. The van der Waals surface area contributed by atoms with Crippen molar-refractivity contribution in [1.29, 1.82) is 0 Å². The molecule has 0 aromatic heterocycles. The van der Waals surface area contributed by atoms with Gasteiger partial charge in [0, 0.05) is 5.71 Å². The zero-order valence-electron chi connectivity index (χ0n) is 6.26. The topological polar surface area (TPSA) is 12.4 Å². The lowest BCUT2D eigenvalue weighted by Gasteiger charge is -2.16. The van der Waals surface area contributed by atoms with Crippen molar-refractivity contribution < 1.29 is 0 Å². The zero-order chi connectivity index (χ0) is 6.85. The summed E-state index contributed by atoms with van der Waals surface area (Å²) < 4.78 is 0. The Morgan fingerprint density at radius 1 is 1.44 bits per heavy atom. The summed E-state index contributed by atoms with van der Waals surface area (Å²) in [4.78, 5) is 4.39. The smallest absolute Gasteiger partial charge is 0.0534 e. The third-order valence-electron chi connectivity index (χ3n) is 1.81. The maximum absolute atomic E-state index is 4.39. The van der Waals surface area contributed by atoms with E-state index in [1.54, 1.807) is 0 Å². The molecule has 0 amide bonds. The van der Waals surface area contributed by atoms with Gasteiger partial charge >= 0.3 is 0 Å². The first kappa shape index (κ1) is 6.53. The monoisotopic (exact) mass is 123 g/mol. The van der Waals surface area contributed by atoms with Gasteiger partial charge in [-0.05, 0) is 25.8 Å². The molecule has 0 aromatic carbocycles. The van der Waals surface area contributed by atoms with E-state index in [2.05, 4.69) is 31.0 Å². The van der Waals surface area contributed by atoms with Crippen molar-refractivity contribution in [3.8, 4) is 0 Å². The van der Waals surface area contributed by atoms with Gasteiger partial charge in [-0.2, -0.15) is 0 Å². The molecular formula is C8H13N. The summed E-state index contributed by atoms with van der Waals surface area (Å²) in [6.07, 6.45) is 4.30. The Balaban J connectivity index is 2.70. The van der Waals surface area contributed by atoms with E-state index in [0.717, 1.165) is 5.71 Å². The molecule has 2 unspecified atom stereocenters. The number of nitrogens with zero attached hydrogens (tertiary/aromatic N) is 1. The molecule has 0 aliphatic carbocycles. The number of aliphatic imine (C=N–C) groups is 1. The molecule has 0 spiro atoms. The lowest BCUT2D eigenvalue weighted by atomic mass is 10.0. The van der Waals surface area contributed by atoms with Crippen molar-refractivity contribution in [3.63, 3.8) is 0 Å². The number of hydrogen-bond acceptors (Lipinski definition) is 1. The Morgan fingerprint density at radius 3 is 2.56 bits per heavy atom. The Hall–Kier alpha value is -0.590. The Labute approximate surface area is 56.5 Å². The van der Waals surface area contributed by atoms with Crippen LogP contribution < -0.4 is 0 Å². The molecule has 0 saturated heterocycles. The Morgan fingerprint density at radius 2 is 2.11 bits per heavy atom. The van der Waals surface area contributed by atoms with E-state index in [-0.39, 0.29) is 0 Å². The molecule has 0 bridgehead atoms. The fourth-order valence-corrected chi connectivity index (χ4v) is 0.934. The SMILES string of the molecule is CC1=NC(C)C(C)C=C1. The minimum absolute atomic E-state index is 0.481. The Kier molecular flexibility index (Phi) is 1.70. The summed E-state index contributed by atoms with van der Waals surface area (Å²) in [5.74, 6) is 0.619. The molecule has 1 aliphatic rings. The predicted molar refractivity (Wildman–Crippen MR) is 40.9 cm³/mol. The van der Waals surface area contributed by atoms with Gasteiger partial charge in [-0.15, -0.1) is 0 Å². The average Bonchev–Trinajstić information content (AvgIpc) is 1.80. The van der Waals surface area contributed by atoms with Gasteiger partial charge in [0.25, 0.3) is 0 Å². The fraction of sp³-hybridized carbons (Fsp3) is 0.625. The number of dihydropyridines is 1. The molecular weight excluding hydrogens is 110 g/mol. The average molecular weight is 123 g/mol. The standard InChI is InChI=1S/C8H13N/c1-6-4-5-7(2)9-8(6)3/h4-6,8H,1-3H3. The molecule has 1 aliphatic heterocycles. The zero-order valence-corrected chi connectivity index (χ0v) is 6.26. The molecule has 1 heteroatoms. The van der Waals surface area contributed by atoms with Crippen LogP contribution in [0.1, 0.15) is 20.8 Å². The van der Waals surface area contributed by atoms with E-state index >= 15 is 0 Å². The van der Waals surface area contributed by atoms with Gasteiger partial charge in [0.1, 0.15) is 0 Å². The first-order valence-electron chi connectivity index (χ1n) is 3.43. The minimum Gasteiger partial charge on any atom is -0.286 e. The molecule has 0 N–H and O–H groups in total. The molecule has 1 heterocycles. The lowest BCUT2D eigenvalue weighted by Crippen LogP contribution is -2.14. The number of allylic oxidation sites excluding steroid dienone is 1. The van der Waals surface area contributed by atoms with Gasteiger partial charge < -0.3 is 0 Å². The van der Waals surface area contributed by atoms with Crippen LogP contribution in [0.3, 0.4) is 0 Å². The molecule has 0 saturated carbocycles. The number of hydrogen-bond donors (Lipinski definition) is 0. The molecule has 1 nitrogen and oxygen atoms in total. The normalized spacial score (nSPS) is 34.3. The van der Waals surface area contributed by atoms with Crippen LogP contribution in [0.5, 0.6) is 0 Å². The molecule has 9 heavy (non-hydrogen) atoms. The van der Waals surface area contributed by atoms with Gasteiger partial charge in [0.15, 0.2) is 0 Å². The maximum atomic E-state index is 4.39. The van der Waals surface area contributed by atoms with Crippen LogP contribution in [0, 0.1) is 5.92 Å². The van der Waals surface area contributed by atoms with Gasteiger partial charge in [-0.1, -0.05) is 13.0 Å². The van der Waals surface area contributed by atoms with E-state index in [9.17, 15) is 0 Å². The van der Waals surface area contributed by atoms with Gasteiger partial charge in [0.05, 0.1) is 6.04 Å². The molecule has 50 valence electrons. The molecule has 0 radical (unpaired) electrons. The molecule has 0 aromatic rings. The quantitative estimate of drug-likeness (QED) is 0.467. The lowest BCUT2D eigenvalue weighted by molar-refractivity contribution is 0.578. The van der Waals surface area contributed by atoms with Crippen LogP contribution in [0.25, 0.3) is 0 Å². The first-order chi connectivity index (χ1) is 4.20. The highest BCUT2D eigenvalue weighted by atomic mass is 14.8. The van der Waals surface area contributed by atoms with E-state index in [0.29, 0.717) is 12.0 Å². The van der Waals surface area contributed by atoms with E-state index in [1.807, 2.05) is 6.92 Å². The maximum Gasteiger partial charge on any atom is 0.0534 e. The number of rotatable bonds is 0. The van der Waals surface area contributed by atoms with Crippen LogP contribution in [0.15, 0.2) is 17.1 Å². The highest BCUT2D eigenvalue weighted by Gasteiger charge is 2.10. The highest BCUT2D eigenvalue weighted by molar-refractivity contribution is 5.93. The van der Waals surface area contributed by atoms with Crippen molar-refractivity contribution in [2.45, 2.75) is 26.8 Å². The first-order valence-corrected chi connectivity index (χ1v) is 3.43. The van der Waals surface area contributed by atoms with Gasteiger partial charge in [-0.3, -0.25) is 4.99 Å². The van der Waals surface area contributed by atoms with E-state index in [1.165, 1.54) is 0 Å².